The first-order chi connectivity index (χ1) is 12.0. The summed E-state index contributed by atoms with van der Waals surface area (Å²) in [6, 6.07) is 10.2. The Morgan fingerprint density at radius 3 is 2.76 bits per heavy atom. The zero-order valence-electron chi connectivity index (χ0n) is 13.4. The molecule has 2 aromatic carbocycles. The van der Waals surface area contributed by atoms with E-state index in [4.69, 9.17) is 21.1 Å². The van der Waals surface area contributed by atoms with Crippen LogP contribution in [0.3, 0.4) is 0 Å². The molecule has 0 aliphatic carbocycles. The van der Waals surface area contributed by atoms with Crippen LogP contribution in [-0.2, 0) is 16.1 Å². The molecule has 2 aromatic rings. The SMILES string of the molecule is CC(=O)N[C@H]1C(=O)N(Cc2cc3c(cc2Cl)OCO3)c2ccccc21. The molecule has 2 aliphatic rings. The number of fused-ring (bicyclic) bond motifs is 2. The van der Waals surface area contributed by atoms with Crippen molar-refractivity contribution in [2.24, 2.45) is 0 Å². The van der Waals surface area contributed by atoms with Crippen molar-refractivity contribution in [3.8, 4) is 11.5 Å². The standard InChI is InChI=1S/C18H15ClN2O4/c1-10(22)20-17-12-4-2-3-5-14(12)21(18(17)23)8-11-6-15-16(7-13(11)19)25-9-24-15/h2-7,17H,8-9H2,1H3,(H,20,22)/t17-/m1/s1. The molecule has 0 unspecified atom stereocenters. The molecular formula is C18H15ClN2O4. The molecule has 0 radical (unpaired) electrons. The predicted octanol–water partition coefficient (Wildman–Crippen LogP) is 2.79. The zero-order chi connectivity index (χ0) is 17.6. The lowest BCUT2D eigenvalue weighted by molar-refractivity contribution is -0.126. The topological polar surface area (TPSA) is 67.9 Å². The van der Waals surface area contributed by atoms with Crippen molar-refractivity contribution in [2.45, 2.75) is 19.5 Å². The van der Waals surface area contributed by atoms with Crippen LogP contribution in [-0.4, -0.2) is 18.6 Å². The number of benzene rings is 2. The summed E-state index contributed by atoms with van der Waals surface area (Å²) >= 11 is 6.34. The minimum Gasteiger partial charge on any atom is -0.454 e. The first-order valence-corrected chi connectivity index (χ1v) is 8.18. The first kappa shape index (κ1) is 15.8. The van der Waals surface area contributed by atoms with Crippen LogP contribution in [0.2, 0.25) is 5.02 Å². The summed E-state index contributed by atoms with van der Waals surface area (Å²) in [7, 11) is 0. The molecule has 2 heterocycles. The van der Waals surface area contributed by atoms with Gasteiger partial charge in [0.05, 0.1) is 6.54 Å². The fourth-order valence-corrected chi connectivity index (χ4v) is 3.36. The van der Waals surface area contributed by atoms with Gasteiger partial charge in [-0.15, -0.1) is 0 Å². The highest BCUT2D eigenvalue weighted by atomic mass is 35.5. The predicted molar refractivity (Wildman–Crippen MR) is 91.8 cm³/mol. The van der Waals surface area contributed by atoms with Crippen LogP contribution < -0.4 is 19.7 Å². The number of amides is 2. The maximum absolute atomic E-state index is 12.9. The lowest BCUT2D eigenvalue weighted by Gasteiger charge is -2.19. The van der Waals surface area contributed by atoms with Crippen molar-refractivity contribution in [1.82, 2.24) is 5.32 Å². The van der Waals surface area contributed by atoms with Crippen LogP contribution in [0, 0.1) is 0 Å². The van der Waals surface area contributed by atoms with E-state index in [-0.39, 0.29) is 25.2 Å². The summed E-state index contributed by atoms with van der Waals surface area (Å²) < 4.78 is 10.7. The quantitative estimate of drug-likeness (QED) is 0.916. The molecule has 2 amide bonds. The third-order valence-electron chi connectivity index (χ3n) is 4.27. The average Bonchev–Trinajstić information content (AvgIpc) is 3.13. The molecule has 25 heavy (non-hydrogen) atoms. The summed E-state index contributed by atoms with van der Waals surface area (Å²) in [6.07, 6.45) is 0. The highest BCUT2D eigenvalue weighted by Crippen LogP contribution is 2.40. The molecule has 0 bridgehead atoms. The van der Waals surface area contributed by atoms with E-state index in [0.717, 1.165) is 16.8 Å². The lowest BCUT2D eigenvalue weighted by atomic mass is 10.1. The van der Waals surface area contributed by atoms with E-state index in [1.165, 1.54) is 6.92 Å². The van der Waals surface area contributed by atoms with Crippen molar-refractivity contribution < 1.29 is 19.1 Å². The number of carbonyl (C=O) groups is 2. The second kappa shape index (κ2) is 5.97. The van der Waals surface area contributed by atoms with E-state index in [1.54, 1.807) is 17.0 Å². The largest absolute Gasteiger partial charge is 0.454 e. The van der Waals surface area contributed by atoms with E-state index in [2.05, 4.69) is 5.32 Å². The second-order valence-electron chi connectivity index (χ2n) is 5.91. The zero-order valence-corrected chi connectivity index (χ0v) is 14.2. The van der Waals surface area contributed by atoms with Gasteiger partial charge in [0, 0.05) is 29.3 Å². The molecule has 1 atom stereocenters. The van der Waals surface area contributed by atoms with Crippen molar-refractivity contribution >= 4 is 29.1 Å². The van der Waals surface area contributed by atoms with Gasteiger partial charge in [-0.2, -0.15) is 0 Å². The number of hydrogen-bond acceptors (Lipinski definition) is 4. The molecule has 0 aromatic heterocycles. The van der Waals surface area contributed by atoms with Crippen LogP contribution in [0.4, 0.5) is 5.69 Å². The monoisotopic (exact) mass is 358 g/mol. The highest BCUT2D eigenvalue weighted by Gasteiger charge is 2.37. The number of anilines is 1. The summed E-state index contributed by atoms with van der Waals surface area (Å²) in [6.45, 7) is 1.83. The van der Waals surface area contributed by atoms with Gasteiger partial charge >= 0.3 is 0 Å². The van der Waals surface area contributed by atoms with Crippen LogP contribution >= 0.6 is 11.6 Å². The third-order valence-corrected chi connectivity index (χ3v) is 4.62. The van der Waals surface area contributed by atoms with E-state index >= 15 is 0 Å². The lowest BCUT2D eigenvalue weighted by Crippen LogP contribution is -2.36. The average molecular weight is 359 g/mol. The number of nitrogens with zero attached hydrogens (tertiary/aromatic N) is 1. The minimum atomic E-state index is -0.679. The summed E-state index contributed by atoms with van der Waals surface area (Å²) in [5, 5.41) is 3.21. The molecule has 128 valence electrons. The molecule has 2 aliphatic heterocycles. The number of halogens is 1. The Kier molecular flexibility index (Phi) is 3.77. The van der Waals surface area contributed by atoms with Crippen LogP contribution in [0.1, 0.15) is 24.1 Å². The Balaban J connectivity index is 1.69. The van der Waals surface area contributed by atoms with Gasteiger partial charge in [-0.05, 0) is 17.7 Å². The highest BCUT2D eigenvalue weighted by molar-refractivity contribution is 6.31. The fraction of sp³-hybridized carbons (Fsp3) is 0.222. The molecule has 4 rings (SSSR count). The van der Waals surface area contributed by atoms with Gasteiger partial charge in [0.2, 0.25) is 12.7 Å². The van der Waals surface area contributed by atoms with Gasteiger partial charge in [0.1, 0.15) is 6.04 Å². The second-order valence-corrected chi connectivity index (χ2v) is 6.32. The number of nitrogens with one attached hydrogen (secondary N) is 1. The Labute approximate surface area is 149 Å². The number of carbonyl (C=O) groups excluding carboxylic acids is 2. The van der Waals surface area contributed by atoms with Gasteiger partial charge < -0.3 is 19.7 Å². The Hall–Kier alpha value is -2.73. The van der Waals surface area contributed by atoms with Crippen LogP contribution in [0.15, 0.2) is 36.4 Å². The molecule has 1 N–H and O–H groups in total. The minimum absolute atomic E-state index is 0.158. The summed E-state index contributed by atoms with van der Waals surface area (Å²) in [5.41, 5.74) is 2.29. The van der Waals surface area contributed by atoms with Crippen molar-refractivity contribution in [2.75, 3.05) is 11.7 Å². The number of hydrogen-bond donors (Lipinski definition) is 1. The van der Waals surface area contributed by atoms with E-state index in [0.29, 0.717) is 16.5 Å². The molecule has 6 nitrogen and oxygen atoms in total. The molecule has 0 saturated carbocycles. The molecule has 0 spiro atoms. The maximum Gasteiger partial charge on any atom is 0.254 e. The summed E-state index contributed by atoms with van der Waals surface area (Å²) in [5.74, 6) is 0.761. The molecule has 7 heteroatoms. The van der Waals surface area contributed by atoms with Crippen molar-refractivity contribution in [1.29, 1.82) is 0 Å². The Morgan fingerprint density at radius 1 is 1.28 bits per heavy atom. The Bertz CT molecular complexity index is 883. The van der Waals surface area contributed by atoms with Gasteiger partial charge in [-0.1, -0.05) is 29.8 Å². The van der Waals surface area contributed by atoms with Gasteiger partial charge in [0.25, 0.3) is 5.91 Å². The normalized spacial score (nSPS) is 17.6. The van der Waals surface area contributed by atoms with Gasteiger partial charge in [-0.3, -0.25) is 9.59 Å². The third kappa shape index (κ3) is 2.68. The maximum atomic E-state index is 12.9. The van der Waals surface area contributed by atoms with E-state index < -0.39 is 6.04 Å². The van der Waals surface area contributed by atoms with E-state index in [9.17, 15) is 9.59 Å². The summed E-state index contributed by atoms with van der Waals surface area (Å²) in [4.78, 5) is 26.0. The number of ether oxygens (including phenoxy) is 2. The molecular weight excluding hydrogens is 344 g/mol. The molecule has 0 saturated heterocycles. The van der Waals surface area contributed by atoms with Crippen LogP contribution in [0.5, 0.6) is 11.5 Å². The van der Waals surface area contributed by atoms with Gasteiger partial charge in [-0.25, -0.2) is 0 Å². The first-order valence-electron chi connectivity index (χ1n) is 7.80. The molecule has 0 fully saturated rings. The smallest absolute Gasteiger partial charge is 0.254 e. The number of rotatable bonds is 3. The number of para-hydroxylation sites is 1. The van der Waals surface area contributed by atoms with Crippen molar-refractivity contribution in [3.63, 3.8) is 0 Å². The van der Waals surface area contributed by atoms with Crippen molar-refractivity contribution in [3.05, 3.63) is 52.5 Å². The van der Waals surface area contributed by atoms with Crippen LogP contribution in [0.25, 0.3) is 0 Å². The van der Waals surface area contributed by atoms with E-state index in [1.807, 2.05) is 24.3 Å². The Morgan fingerprint density at radius 2 is 2.00 bits per heavy atom. The fourth-order valence-electron chi connectivity index (χ4n) is 3.14. The van der Waals surface area contributed by atoms with Gasteiger partial charge in [0.15, 0.2) is 11.5 Å².